The molecule has 1 fully saturated rings. The molecule has 0 bridgehead atoms. The number of amides is 2. The summed E-state index contributed by atoms with van der Waals surface area (Å²) in [6.45, 7) is 2.51. The number of nitrogens with zero attached hydrogens (tertiary/aromatic N) is 4. The van der Waals surface area contributed by atoms with Gasteiger partial charge in [0.15, 0.2) is 12.1 Å². The van der Waals surface area contributed by atoms with Crippen LogP contribution in [-0.4, -0.2) is 28.9 Å². The monoisotopic (exact) mass is 334 g/mol. The summed E-state index contributed by atoms with van der Waals surface area (Å²) in [5.74, 6) is -0.571. The van der Waals surface area contributed by atoms with Crippen molar-refractivity contribution < 1.29 is 9.59 Å². The third-order valence-corrected chi connectivity index (χ3v) is 4.65. The van der Waals surface area contributed by atoms with Crippen LogP contribution in [0.25, 0.3) is 0 Å². The second-order valence-corrected chi connectivity index (χ2v) is 6.21. The molecule has 2 aromatic carbocycles. The molecule has 6 heteroatoms. The fraction of sp³-hybridized carbons (Fsp3) is 0.263. The number of hydrogen-bond acceptors (Lipinski definition) is 5. The van der Waals surface area contributed by atoms with Crippen LogP contribution in [0.1, 0.15) is 18.1 Å². The average Bonchev–Trinajstić information content (AvgIpc) is 3.16. The average molecular weight is 334 g/mol. The van der Waals surface area contributed by atoms with Crippen LogP contribution in [0.4, 0.5) is 5.69 Å². The van der Waals surface area contributed by atoms with Crippen LogP contribution in [0, 0.1) is 0 Å². The number of hydrogen-bond donors (Lipinski definition) is 0. The minimum Gasteiger partial charge on any atom is -0.271 e. The molecule has 0 aromatic heterocycles. The van der Waals surface area contributed by atoms with E-state index in [1.54, 1.807) is 5.01 Å². The van der Waals surface area contributed by atoms with Gasteiger partial charge in [0.2, 0.25) is 0 Å². The maximum absolute atomic E-state index is 12.9. The minimum absolute atomic E-state index is 0.264. The number of anilines is 1. The first-order valence-corrected chi connectivity index (χ1v) is 8.37. The second kappa shape index (κ2) is 6.12. The van der Waals surface area contributed by atoms with Crippen molar-refractivity contribution in [3.05, 3.63) is 65.7 Å². The van der Waals surface area contributed by atoms with Crippen LogP contribution in [0.2, 0.25) is 0 Å². The van der Waals surface area contributed by atoms with E-state index in [0.717, 1.165) is 17.5 Å². The predicted octanol–water partition coefficient (Wildman–Crippen LogP) is 2.74. The Morgan fingerprint density at radius 3 is 2.32 bits per heavy atom. The van der Waals surface area contributed by atoms with Crippen molar-refractivity contribution in [1.29, 1.82) is 0 Å². The summed E-state index contributed by atoms with van der Waals surface area (Å²) >= 11 is 0. The molecule has 2 aliphatic rings. The molecule has 4 rings (SSSR count). The Kier molecular flexibility index (Phi) is 3.80. The minimum atomic E-state index is -0.748. The highest BCUT2D eigenvalue weighted by molar-refractivity contribution is 6.25. The Bertz CT molecular complexity index is 832. The van der Waals surface area contributed by atoms with E-state index in [-0.39, 0.29) is 11.8 Å². The molecule has 0 radical (unpaired) electrons. The van der Waals surface area contributed by atoms with Crippen LogP contribution >= 0.6 is 0 Å². The smallest absolute Gasteiger partial charge is 0.263 e. The molecule has 2 aromatic rings. The third kappa shape index (κ3) is 2.59. The predicted molar refractivity (Wildman–Crippen MR) is 92.7 cm³/mol. The van der Waals surface area contributed by atoms with Crippen molar-refractivity contribution in [2.45, 2.75) is 32.0 Å². The number of carbonyl (C=O) groups is 2. The van der Waals surface area contributed by atoms with Crippen molar-refractivity contribution in [2.75, 3.05) is 4.90 Å². The van der Waals surface area contributed by atoms with Gasteiger partial charge in [-0.15, -0.1) is 0 Å². The molecule has 6 nitrogen and oxygen atoms in total. The van der Waals surface area contributed by atoms with Gasteiger partial charge < -0.3 is 0 Å². The van der Waals surface area contributed by atoms with E-state index in [4.69, 9.17) is 0 Å². The first kappa shape index (κ1) is 15.5. The van der Waals surface area contributed by atoms with Gasteiger partial charge in [0, 0.05) is 0 Å². The number of fused-ring (bicyclic) bond motifs is 1. The van der Waals surface area contributed by atoms with E-state index >= 15 is 0 Å². The lowest BCUT2D eigenvalue weighted by Crippen LogP contribution is -2.39. The van der Waals surface area contributed by atoms with Crippen molar-refractivity contribution >= 4 is 17.5 Å². The number of imide groups is 1. The van der Waals surface area contributed by atoms with Gasteiger partial charge in [-0.25, -0.2) is 4.90 Å². The standard InChI is InChI=1S/C19H18N4O2/c1-2-13-8-10-15(11-9-13)23-18(24)16-17(19(23)25)22(21-20-16)12-14-6-4-3-5-7-14/h3-11,16-17H,2,12H2,1H3/t16-,17-/m1/s1. The fourth-order valence-electron chi connectivity index (χ4n) is 3.26. The second-order valence-electron chi connectivity index (χ2n) is 6.21. The Labute approximate surface area is 145 Å². The summed E-state index contributed by atoms with van der Waals surface area (Å²) < 4.78 is 0. The summed E-state index contributed by atoms with van der Waals surface area (Å²) in [4.78, 5) is 26.8. The van der Waals surface area contributed by atoms with Crippen LogP contribution in [0.5, 0.6) is 0 Å². The summed E-state index contributed by atoms with van der Waals surface area (Å²) in [7, 11) is 0. The maximum Gasteiger partial charge on any atom is 0.263 e. The number of benzene rings is 2. The first-order chi connectivity index (χ1) is 12.2. The highest BCUT2D eigenvalue weighted by Gasteiger charge is 2.54. The van der Waals surface area contributed by atoms with Crippen LogP contribution in [0.15, 0.2) is 64.9 Å². The molecule has 2 aliphatic heterocycles. The third-order valence-electron chi connectivity index (χ3n) is 4.65. The van der Waals surface area contributed by atoms with Gasteiger partial charge >= 0.3 is 0 Å². The zero-order valence-corrected chi connectivity index (χ0v) is 13.9. The van der Waals surface area contributed by atoms with Gasteiger partial charge in [0.25, 0.3) is 11.8 Å². The van der Waals surface area contributed by atoms with Gasteiger partial charge in [-0.2, -0.15) is 5.11 Å². The van der Waals surface area contributed by atoms with Gasteiger partial charge in [-0.1, -0.05) is 54.6 Å². The molecule has 2 atom stereocenters. The first-order valence-electron chi connectivity index (χ1n) is 8.37. The zero-order valence-electron chi connectivity index (χ0n) is 13.9. The highest BCUT2D eigenvalue weighted by Crippen LogP contribution is 2.32. The Morgan fingerprint density at radius 2 is 1.64 bits per heavy atom. The number of carbonyl (C=O) groups excluding carboxylic acids is 2. The lowest BCUT2D eigenvalue weighted by Gasteiger charge is -2.20. The van der Waals surface area contributed by atoms with E-state index in [1.165, 1.54) is 4.90 Å². The number of rotatable bonds is 4. The summed E-state index contributed by atoms with van der Waals surface area (Å²) in [5, 5.41) is 9.73. The SMILES string of the molecule is CCc1ccc(N2C(=O)[C@@H]3N=NN(Cc4ccccc4)[C@H]3C2=O)cc1. The van der Waals surface area contributed by atoms with E-state index in [0.29, 0.717) is 12.2 Å². The van der Waals surface area contributed by atoms with E-state index in [2.05, 4.69) is 17.3 Å². The van der Waals surface area contributed by atoms with Gasteiger partial charge in [0.1, 0.15) is 0 Å². The van der Waals surface area contributed by atoms with Gasteiger partial charge in [-0.05, 0) is 29.7 Å². The van der Waals surface area contributed by atoms with E-state index in [1.807, 2.05) is 54.6 Å². The topological polar surface area (TPSA) is 65.3 Å². The molecule has 2 heterocycles. The molecule has 0 aliphatic carbocycles. The van der Waals surface area contributed by atoms with E-state index < -0.39 is 12.1 Å². The lowest BCUT2D eigenvalue weighted by molar-refractivity contribution is -0.123. The molecular formula is C19H18N4O2. The summed E-state index contributed by atoms with van der Waals surface area (Å²) in [6.07, 6.45) is 0.909. The van der Waals surface area contributed by atoms with Crippen LogP contribution in [-0.2, 0) is 22.6 Å². The molecule has 1 saturated heterocycles. The molecule has 0 N–H and O–H groups in total. The lowest BCUT2D eigenvalue weighted by atomic mass is 10.1. The Hall–Kier alpha value is -3.02. The molecule has 25 heavy (non-hydrogen) atoms. The van der Waals surface area contributed by atoms with Crippen molar-refractivity contribution in [2.24, 2.45) is 10.3 Å². The highest BCUT2D eigenvalue weighted by atomic mass is 16.2. The Morgan fingerprint density at radius 1 is 0.920 bits per heavy atom. The maximum atomic E-state index is 12.9. The normalized spacial score (nSPS) is 22.0. The molecule has 2 amide bonds. The van der Waals surface area contributed by atoms with Crippen LogP contribution < -0.4 is 4.90 Å². The summed E-state index contributed by atoms with van der Waals surface area (Å²) in [5.41, 5.74) is 2.78. The Balaban J connectivity index is 1.59. The molecule has 0 unspecified atom stereocenters. The number of aryl methyl sites for hydroxylation is 1. The van der Waals surface area contributed by atoms with E-state index in [9.17, 15) is 9.59 Å². The molecular weight excluding hydrogens is 316 g/mol. The molecule has 126 valence electrons. The fourth-order valence-corrected chi connectivity index (χ4v) is 3.26. The van der Waals surface area contributed by atoms with Crippen molar-refractivity contribution in [3.8, 4) is 0 Å². The summed E-state index contributed by atoms with van der Waals surface area (Å²) in [6, 6.07) is 15.8. The van der Waals surface area contributed by atoms with Crippen LogP contribution in [0.3, 0.4) is 0 Å². The largest absolute Gasteiger partial charge is 0.271 e. The van der Waals surface area contributed by atoms with Gasteiger partial charge in [-0.3, -0.25) is 14.6 Å². The quantitative estimate of drug-likeness (QED) is 0.808. The van der Waals surface area contributed by atoms with Crippen molar-refractivity contribution in [3.63, 3.8) is 0 Å². The molecule has 0 saturated carbocycles. The zero-order chi connectivity index (χ0) is 17.4. The van der Waals surface area contributed by atoms with Gasteiger partial charge in [0.05, 0.1) is 12.2 Å². The molecule has 0 spiro atoms. The van der Waals surface area contributed by atoms with Crippen molar-refractivity contribution in [1.82, 2.24) is 5.01 Å².